The van der Waals surface area contributed by atoms with E-state index >= 15 is 0 Å². The zero-order chi connectivity index (χ0) is 17.4. The number of amides is 2. The van der Waals surface area contributed by atoms with Crippen molar-refractivity contribution in [3.05, 3.63) is 54.6 Å². The Morgan fingerprint density at radius 3 is 2.50 bits per heavy atom. The van der Waals surface area contributed by atoms with Crippen LogP contribution in [0.5, 0.6) is 0 Å². The van der Waals surface area contributed by atoms with Crippen molar-refractivity contribution in [1.29, 1.82) is 0 Å². The van der Waals surface area contributed by atoms with Crippen LogP contribution in [0.3, 0.4) is 0 Å². The normalized spacial score (nSPS) is 11.6. The predicted octanol–water partition coefficient (Wildman–Crippen LogP) is 4.45. The zero-order valence-electron chi connectivity index (χ0n) is 14.5. The van der Waals surface area contributed by atoms with Crippen molar-refractivity contribution in [3.63, 3.8) is 0 Å². The second-order valence-electron chi connectivity index (χ2n) is 5.56. The summed E-state index contributed by atoms with van der Waals surface area (Å²) >= 11 is 1.72. The molecule has 0 spiro atoms. The molecule has 24 heavy (non-hydrogen) atoms. The standard InChI is InChI=1S/C19H25N3OS/c1-4-24-18-13-9-8-12-17(18)21-19(23)20-14-15(2)22(3)16-10-6-5-7-11-16/h5-13,15H,4,14H2,1-3H3,(H2,20,21,23). The largest absolute Gasteiger partial charge is 0.370 e. The van der Waals surface area contributed by atoms with Gasteiger partial charge in [-0.1, -0.05) is 37.3 Å². The van der Waals surface area contributed by atoms with Gasteiger partial charge in [-0.3, -0.25) is 0 Å². The molecule has 0 radical (unpaired) electrons. The van der Waals surface area contributed by atoms with Crippen LogP contribution in [-0.2, 0) is 0 Å². The Hall–Kier alpha value is -2.14. The first-order valence-corrected chi connectivity index (χ1v) is 9.15. The lowest BCUT2D eigenvalue weighted by Gasteiger charge is -2.27. The Bertz CT molecular complexity index is 648. The van der Waals surface area contributed by atoms with E-state index in [-0.39, 0.29) is 12.1 Å². The molecule has 1 atom stereocenters. The molecule has 0 aliphatic rings. The summed E-state index contributed by atoms with van der Waals surface area (Å²) in [6, 6.07) is 18.0. The van der Waals surface area contributed by atoms with E-state index in [2.05, 4.69) is 41.5 Å². The van der Waals surface area contributed by atoms with E-state index < -0.39 is 0 Å². The lowest BCUT2D eigenvalue weighted by atomic mass is 10.2. The highest BCUT2D eigenvalue weighted by Crippen LogP contribution is 2.26. The van der Waals surface area contributed by atoms with Crippen LogP contribution in [0.1, 0.15) is 13.8 Å². The van der Waals surface area contributed by atoms with E-state index in [1.54, 1.807) is 11.8 Å². The quantitative estimate of drug-likeness (QED) is 0.730. The second-order valence-corrected chi connectivity index (χ2v) is 6.87. The second kappa shape index (κ2) is 9.23. The molecule has 0 bridgehead atoms. The smallest absolute Gasteiger partial charge is 0.319 e. The Morgan fingerprint density at radius 1 is 1.12 bits per heavy atom. The minimum atomic E-state index is -0.174. The summed E-state index contributed by atoms with van der Waals surface area (Å²) in [5.41, 5.74) is 1.99. The molecule has 0 fully saturated rings. The molecule has 2 N–H and O–H groups in total. The van der Waals surface area contributed by atoms with E-state index in [0.29, 0.717) is 6.54 Å². The highest BCUT2D eigenvalue weighted by atomic mass is 32.2. The average molecular weight is 343 g/mol. The maximum Gasteiger partial charge on any atom is 0.319 e. The molecule has 1 unspecified atom stereocenters. The van der Waals surface area contributed by atoms with Crippen molar-refractivity contribution < 1.29 is 4.79 Å². The lowest BCUT2D eigenvalue weighted by Crippen LogP contribution is -2.41. The molecule has 0 saturated carbocycles. The number of hydrogen-bond donors (Lipinski definition) is 2. The first-order chi connectivity index (χ1) is 11.6. The number of benzene rings is 2. The predicted molar refractivity (Wildman–Crippen MR) is 104 cm³/mol. The lowest BCUT2D eigenvalue weighted by molar-refractivity contribution is 0.251. The fraction of sp³-hybridized carbons (Fsp3) is 0.316. The van der Waals surface area contributed by atoms with Gasteiger partial charge in [0.05, 0.1) is 5.69 Å². The maximum absolute atomic E-state index is 12.2. The van der Waals surface area contributed by atoms with Crippen molar-refractivity contribution >= 4 is 29.2 Å². The van der Waals surface area contributed by atoms with E-state index in [1.165, 1.54) is 0 Å². The summed E-state index contributed by atoms with van der Waals surface area (Å²) in [6.07, 6.45) is 0. The van der Waals surface area contributed by atoms with Gasteiger partial charge in [0.2, 0.25) is 0 Å². The SMILES string of the molecule is CCSc1ccccc1NC(=O)NCC(C)N(C)c1ccccc1. The van der Waals surface area contributed by atoms with Gasteiger partial charge in [-0.25, -0.2) is 4.79 Å². The molecule has 5 heteroatoms. The van der Waals surface area contributed by atoms with Gasteiger partial charge in [-0.15, -0.1) is 11.8 Å². The van der Waals surface area contributed by atoms with Gasteiger partial charge in [-0.05, 0) is 36.9 Å². The molecule has 2 rings (SSSR count). The minimum absolute atomic E-state index is 0.174. The number of nitrogens with zero attached hydrogens (tertiary/aromatic N) is 1. The minimum Gasteiger partial charge on any atom is -0.370 e. The van der Waals surface area contributed by atoms with Crippen molar-refractivity contribution in [3.8, 4) is 0 Å². The number of likely N-dealkylation sites (N-methyl/N-ethyl adjacent to an activating group) is 1. The van der Waals surface area contributed by atoms with Gasteiger partial charge in [0.15, 0.2) is 0 Å². The molecule has 2 aromatic carbocycles. The monoisotopic (exact) mass is 343 g/mol. The molecule has 0 aromatic heterocycles. The van der Waals surface area contributed by atoms with E-state index in [4.69, 9.17) is 0 Å². The van der Waals surface area contributed by atoms with E-state index in [0.717, 1.165) is 22.0 Å². The number of para-hydroxylation sites is 2. The van der Waals surface area contributed by atoms with Gasteiger partial charge in [0.1, 0.15) is 0 Å². The topological polar surface area (TPSA) is 44.4 Å². The summed E-state index contributed by atoms with van der Waals surface area (Å²) in [7, 11) is 2.03. The Morgan fingerprint density at radius 2 is 1.79 bits per heavy atom. The third kappa shape index (κ3) is 5.20. The van der Waals surface area contributed by atoms with Crippen LogP contribution < -0.4 is 15.5 Å². The first-order valence-electron chi connectivity index (χ1n) is 8.16. The molecule has 4 nitrogen and oxygen atoms in total. The number of rotatable bonds is 7. The highest BCUT2D eigenvalue weighted by Gasteiger charge is 2.12. The van der Waals surface area contributed by atoms with Crippen LogP contribution in [0.2, 0.25) is 0 Å². The van der Waals surface area contributed by atoms with Crippen LogP contribution in [0.4, 0.5) is 16.2 Å². The third-order valence-corrected chi connectivity index (χ3v) is 4.77. The average Bonchev–Trinajstić information content (AvgIpc) is 2.61. The van der Waals surface area contributed by atoms with E-state index in [9.17, 15) is 4.79 Å². The van der Waals surface area contributed by atoms with Crippen molar-refractivity contribution in [2.45, 2.75) is 24.8 Å². The molecular weight excluding hydrogens is 318 g/mol. The molecule has 2 amide bonds. The molecule has 0 heterocycles. The number of carbonyl (C=O) groups excluding carboxylic acids is 1. The Labute approximate surface area is 148 Å². The number of anilines is 2. The summed E-state index contributed by atoms with van der Waals surface area (Å²) in [5, 5.41) is 5.89. The summed E-state index contributed by atoms with van der Waals surface area (Å²) in [6.45, 7) is 4.76. The number of carbonyl (C=O) groups is 1. The van der Waals surface area contributed by atoms with Gasteiger partial charge >= 0.3 is 6.03 Å². The van der Waals surface area contributed by atoms with Gasteiger partial charge < -0.3 is 15.5 Å². The fourth-order valence-electron chi connectivity index (χ4n) is 2.31. The summed E-state index contributed by atoms with van der Waals surface area (Å²) in [4.78, 5) is 15.4. The Kier molecular flexibility index (Phi) is 7.00. The van der Waals surface area contributed by atoms with Crippen molar-refractivity contribution in [2.75, 3.05) is 29.6 Å². The van der Waals surface area contributed by atoms with Gasteiger partial charge in [-0.2, -0.15) is 0 Å². The van der Waals surface area contributed by atoms with Crippen molar-refractivity contribution in [2.24, 2.45) is 0 Å². The third-order valence-electron chi connectivity index (χ3n) is 3.82. The summed E-state index contributed by atoms with van der Waals surface area (Å²) in [5.74, 6) is 0.971. The number of nitrogens with one attached hydrogen (secondary N) is 2. The molecule has 0 aliphatic carbocycles. The molecule has 0 saturated heterocycles. The van der Waals surface area contributed by atoms with Gasteiger partial charge in [0.25, 0.3) is 0 Å². The van der Waals surface area contributed by atoms with Crippen LogP contribution in [-0.4, -0.2) is 31.4 Å². The number of thioether (sulfide) groups is 1. The maximum atomic E-state index is 12.2. The molecular formula is C19H25N3OS. The number of hydrogen-bond acceptors (Lipinski definition) is 3. The first kappa shape index (κ1) is 18.2. The van der Waals surface area contributed by atoms with Gasteiger partial charge in [0, 0.05) is 30.2 Å². The van der Waals surface area contributed by atoms with Crippen LogP contribution >= 0.6 is 11.8 Å². The van der Waals surface area contributed by atoms with E-state index in [1.807, 2.05) is 49.5 Å². The Balaban J connectivity index is 1.87. The summed E-state index contributed by atoms with van der Waals surface area (Å²) < 4.78 is 0. The molecule has 0 aliphatic heterocycles. The zero-order valence-corrected chi connectivity index (χ0v) is 15.3. The van der Waals surface area contributed by atoms with Crippen molar-refractivity contribution in [1.82, 2.24) is 5.32 Å². The molecule has 128 valence electrons. The van der Waals surface area contributed by atoms with Crippen LogP contribution in [0.15, 0.2) is 59.5 Å². The number of urea groups is 1. The molecule has 2 aromatic rings. The highest BCUT2D eigenvalue weighted by molar-refractivity contribution is 7.99. The van der Waals surface area contributed by atoms with Crippen LogP contribution in [0.25, 0.3) is 0 Å². The van der Waals surface area contributed by atoms with Crippen LogP contribution in [0, 0.1) is 0 Å². The fourth-order valence-corrected chi connectivity index (χ4v) is 3.07.